The molecule has 0 radical (unpaired) electrons. The first kappa shape index (κ1) is 23.4. The second-order valence-corrected chi connectivity index (χ2v) is 7.09. The Morgan fingerprint density at radius 3 is 1.17 bits per heavy atom. The van der Waals surface area contributed by atoms with Gasteiger partial charge in [0.05, 0.1) is 0 Å². The third-order valence-corrected chi connectivity index (χ3v) is 4.72. The summed E-state index contributed by atoms with van der Waals surface area (Å²) in [6.07, 6.45) is 22.4. The molecule has 0 aromatic carbocycles. The quantitative estimate of drug-likeness (QED) is 0.167. The van der Waals surface area contributed by atoms with E-state index in [0.29, 0.717) is 0 Å². The van der Waals surface area contributed by atoms with Crippen LogP contribution >= 0.6 is 0 Å². The minimum Gasteiger partial charge on any atom is -0.270 e. The number of amides is 1. The lowest BCUT2D eigenvalue weighted by atomic mass is 10.0. The number of carbonyl (C=O) groups is 1. The van der Waals surface area contributed by atoms with Crippen LogP contribution in [0.2, 0.25) is 0 Å². The molecule has 0 aromatic heterocycles. The minimum absolute atomic E-state index is 0.228. The van der Waals surface area contributed by atoms with Crippen molar-refractivity contribution >= 4 is 5.91 Å². The minimum atomic E-state index is -0.615. The molecular weight excluding hydrogens is 302 g/mol. The average Bonchev–Trinajstić information content (AvgIpc) is 2.57. The van der Waals surface area contributed by atoms with Gasteiger partial charge < -0.3 is 0 Å². The van der Waals surface area contributed by atoms with Gasteiger partial charge in [-0.3, -0.25) is 15.2 Å². The van der Waals surface area contributed by atoms with Gasteiger partial charge in [0.2, 0.25) is 0 Å². The van der Waals surface area contributed by atoms with Crippen molar-refractivity contribution in [3.05, 3.63) is 0 Å². The van der Waals surface area contributed by atoms with Gasteiger partial charge in [0.1, 0.15) is 0 Å². The highest BCUT2D eigenvalue weighted by molar-refractivity contribution is 5.73. The van der Waals surface area contributed by atoms with Crippen molar-refractivity contribution in [2.75, 3.05) is 0 Å². The lowest BCUT2D eigenvalue weighted by Crippen LogP contribution is -2.22. The van der Waals surface area contributed by atoms with E-state index in [-0.39, 0.29) is 11.6 Å². The Morgan fingerprint density at radius 1 is 0.583 bits per heavy atom. The number of carbonyl (C=O) groups excluding carboxylic acids is 1. The number of nitrogens with zero attached hydrogens (tertiary/aromatic N) is 1. The third kappa shape index (κ3) is 17.7. The van der Waals surface area contributed by atoms with Crippen LogP contribution in [0.5, 0.6) is 0 Å². The molecule has 4 heteroatoms. The molecule has 0 atom stereocenters. The van der Waals surface area contributed by atoms with E-state index in [1.807, 2.05) is 0 Å². The predicted molar refractivity (Wildman–Crippen MR) is 99.2 cm³/mol. The van der Waals surface area contributed by atoms with Crippen LogP contribution in [0, 0.1) is 0 Å². The van der Waals surface area contributed by atoms with E-state index >= 15 is 0 Å². The molecule has 0 aliphatic heterocycles. The van der Waals surface area contributed by atoms with Crippen molar-refractivity contribution in [1.82, 2.24) is 5.23 Å². The molecule has 0 heterocycles. The number of hydrogen-bond acceptors (Lipinski definition) is 3. The second-order valence-electron chi connectivity index (χ2n) is 7.09. The van der Waals surface area contributed by atoms with Gasteiger partial charge in [-0.05, 0) is 6.42 Å². The molecule has 0 spiro atoms. The molecule has 0 aliphatic rings. The zero-order valence-electron chi connectivity index (χ0n) is 16.0. The predicted octanol–water partition coefficient (Wildman–Crippen LogP) is 6.64. The number of hydrogen-bond donors (Lipinski definition) is 2. The van der Waals surface area contributed by atoms with Gasteiger partial charge >= 0.3 is 0 Å². The van der Waals surface area contributed by atoms with Crippen LogP contribution in [0.15, 0.2) is 0 Å². The van der Waals surface area contributed by atoms with E-state index in [0.717, 1.165) is 19.3 Å². The lowest BCUT2D eigenvalue weighted by Gasteiger charge is -2.05. The fraction of sp³-hybridized carbons (Fsp3) is 0.950. The molecule has 2 N–H and O–H groups in total. The summed E-state index contributed by atoms with van der Waals surface area (Å²) < 4.78 is 0. The van der Waals surface area contributed by atoms with Crippen LogP contribution in [0.4, 0.5) is 0 Å². The molecule has 0 aliphatic carbocycles. The molecular formula is C20H41NO3. The van der Waals surface area contributed by atoms with E-state index < -0.39 is 5.91 Å². The number of rotatable bonds is 18. The van der Waals surface area contributed by atoms with Gasteiger partial charge in [-0.15, -0.1) is 0 Å². The first-order chi connectivity index (χ1) is 11.7. The summed E-state index contributed by atoms with van der Waals surface area (Å²) in [6, 6.07) is 0. The molecule has 0 saturated heterocycles. The van der Waals surface area contributed by atoms with Gasteiger partial charge in [-0.25, -0.2) is 0 Å². The molecule has 1 amide bonds. The number of unbranched alkanes of at least 4 members (excludes halogenated alkanes) is 16. The smallest absolute Gasteiger partial charge is 0.270 e. The van der Waals surface area contributed by atoms with Gasteiger partial charge in [-0.2, -0.15) is 0 Å². The van der Waals surface area contributed by atoms with Crippen molar-refractivity contribution in [1.29, 1.82) is 0 Å². The molecule has 0 rings (SSSR count). The Bertz CT molecular complexity index is 270. The monoisotopic (exact) mass is 343 g/mol. The molecule has 0 bridgehead atoms. The molecule has 0 saturated carbocycles. The van der Waals surface area contributed by atoms with Crippen LogP contribution in [0.1, 0.15) is 122 Å². The van der Waals surface area contributed by atoms with E-state index in [1.54, 1.807) is 0 Å². The Kier molecular flexibility index (Phi) is 18.2. The van der Waals surface area contributed by atoms with Crippen molar-refractivity contribution in [3.63, 3.8) is 0 Å². The standard InChI is InChI=1S/C20H41NO3/c1-2-3-4-5-6-7-8-9-10-11-12-13-14-15-16-17-18-19-20(22)21(23)24/h23-24H,2-19H2,1H3. The first-order valence-electron chi connectivity index (χ1n) is 10.4. The van der Waals surface area contributed by atoms with E-state index in [4.69, 9.17) is 10.4 Å². The highest BCUT2D eigenvalue weighted by Gasteiger charge is 2.06. The van der Waals surface area contributed by atoms with E-state index in [1.165, 1.54) is 89.9 Å². The van der Waals surface area contributed by atoms with Crippen molar-refractivity contribution < 1.29 is 15.2 Å². The Balaban J connectivity index is 3.04. The van der Waals surface area contributed by atoms with Crippen LogP contribution < -0.4 is 0 Å². The fourth-order valence-electron chi connectivity index (χ4n) is 3.10. The van der Waals surface area contributed by atoms with Crippen LogP contribution in [0.3, 0.4) is 0 Å². The zero-order chi connectivity index (χ0) is 17.9. The summed E-state index contributed by atoms with van der Waals surface area (Å²) >= 11 is 0. The molecule has 0 fully saturated rings. The molecule has 144 valence electrons. The third-order valence-electron chi connectivity index (χ3n) is 4.72. The zero-order valence-corrected chi connectivity index (χ0v) is 16.0. The lowest BCUT2D eigenvalue weighted by molar-refractivity contribution is -0.285. The normalized spacial score (nSPS) is 11.0. The largest absolute Gasteiger partial charge is 0.273 e. The topological polar surface area (TPSA) is 60.8 Å². The van der Waals surface area contributed by atoms with Crippen LogP contribution in [-0.4, -0.2) is 21.5 Å². The molecule has 24 heavy (non-hydrogen) atoms. The van der Waals surface area contributed by atoms with Crippen molar-refractivity contribution in [2.24, 2.45) is 0 Å². The molecule has 0 aromatic rings. The van der Waals surface area contributed by atoms with Gasteiger partial charge in [0.25, 0.3) is 5.91 Å². The molecule has 0 unspecified atom stereocenters. The highest BCUT2D eigenvalue weighted by atomic mass is 16.8. The SMILES string of the molecule is CCCCCCCCCCCCCCCCCCCC(=O)N(O)O. The second kappa shape index (κ2) is 18.7. The van der Waals surface area contributed by atoms with Crippen LogP contribution in [-0.2, 0) is 4.79 Å². The summed E-state index contributed by atoms with van der Waals surface area (Å²) in [6.45, 7) is 2.27. The summed E-state index contributed by atoms with van der Waals surface area (Å²) in [5, 5.41) is 16.7. The summed E-state index contributed by atoms with van der Waals surface area (Å²) in [5.41, 5.74) is 0. The van der Waals surface area contributed by atoms with Crippen LogP contribution in [0.25, 0.3) is 0 Å². The van der Waals surface area contributed by atoms with E-state index in [9.17, 15) is 4.79 Å². The van der Waals surface area contributed by atoms with Gasteiger partial charge in [0.15, 0.2) is 0 Å². The Labute approximate surface area is 149 Å². The Morgan fingerprint density at radius 2 is 0.875 bits per heavy atom. The van der Waals surface area contributed by atoms with Gasteiger partial charge in [0, 0.05) is 6.42 Å². The summed E-state index contributed by atoms with van der Waals surface area (Å²) in [7, 11) is 0. The highest BCUT2D eigenvalue weighted by Crippen LogP contribution is 2.14. The summed E-state index contributed by atoms with van der Waals surface area (Å²) in [4.78, 5) is 10.9. The van der Waals surface area contributed by atoms with Crippen molar-refractivity contribution in [3.8, 4) is 0 Å². The van der Waals surface area contributed by atoms with Crippen molar-refractivity contribution in [2.45, 2.75) is 122 Å². The maximum Gasteiger partial charge on any atom is 0.273 e. The maximum absolute atomic E-state index is 10.9. The first-order valence-corrected chi connectivity index (χ1v) is 10.4. The number of hydroxylamine groups is 2. The van der Waals surface area contributed by atoms with Gasteiger partial charge in [-0.1, -0.05) is 115 Å². The molecule has 4 nitrogen and oxygen atoms in total. The Hall–Kier alpha value is -0.610. The van der Waals surface area contributed by atoms with E-state index in [2.05, 4.69) is 6.92 Å². The summed E-state index contributed by atoms with van der Waals surface area (Å²) in [5.74, 6) is -0.615. The average molecular weight is 344 g/mol. The fourth-order valence-corrected chi connectivity index (χ4v) is 3.10. The maximum atomic E-state index is 10.9.